The third-order valence-electron chi connectivity index (χ3n) is 3.96. The van der Waals surface area contributed by atoms with E-state index in [2.05, 4.69) is 0 Å². The third kappa shape index (κ3) is 5.13. The first-order valence-electron chi connectivity index (χ1n) is 8.19. The van der Waals surface area contributed by atoms with Gasteiger partial charge in [-0.2, -0.15) is 0 Å². The zero-order chi connectivity index (χ0) is 17.0. The number of likely N-dealkylation sites (tertiary alicyclic amines) is 1. The number of carbonyl (C=O) groups excluding carboxylic acids is 1. The summed E-state index contributed by atoms with van der Waals surface area (Å²) in [5.41, 5.74) is 7.55. The Morgan fingerprint density at radius 2 is 2.13 bits per heavy atom. The number of aryl methyl sites for hydroxylation is 1. The molecule has 1 aromatic rings. The summed E-state index contributed by atoms with van der Waals surface area (Å²) in [5.74, 6) is 1.18. The molecule has 0 bridgehead atoms. The molecule has 0 aliphatic carbocycles. The predicted molar refractivity (Wildman–Crippen MR) is 90.5 cm³/mol. The number of nitrogens with two attached hydrogens (primary N) is 1. The molecule has 5 heteroatoms. The highest BCUT2D eigenvalue weighted by Gasteiger charge is 2.30. The van der Waals surface area contributed by atoms with Crippen LogP contribution in [0.5, 0.6) is 5.75 Å². The summed E-state index contributed by atoms with van der Waals surface area (Å²) in [6.45, 7) is 10.2. The number of nitrogens with zero attached hydrogens (tertiary/aromatic N) is 1. The van der Waals surface area contributed by atoms with Crippen molar-refractivity contribution >= 4 is 6.09 Å². The van der Waals surface area contributed by atoms with Crippen LogP contribution in [0.2, 0.25) is 0 Å². The van der Waals surface area contributed by atoms with E-state index in [0.717, 1.165) is 24.3 Å². The maximum Gasteiger partial charge on any atom is 0.410 e. The smallest absolute Gasteiger partial charge is 0.410 e. The van der Waals surface area contributed by atoms with Crippen molar-refractivity contribution in [3.05, 3.63) is 29.3 Å². The van der Waals surface area contributed by atoms with Gasteiger partial charge in [-0.3, -0.25) is 0 Å². The minimum atomic E-state index is -0.452. The quantitative estimate of drug-likeness (QED) is 0.926. The first-order chi connectivity index (χ1) is 10.8. The summed E-state index contributed by atoms with van der Waals surface area (Å²) in [5, 5.41) is 0. The second kappa shape index (κ2) is 7.21. The van der Waals surface area contributed by atoms with Gasteiger partial charge in [0.2, 0.25) is 0 Å². The number of ether oxygens (including phenoxy) is 2. The second-order valence-electron chi connectivity index (χ2n) is 7.18. The van der Waals surface area contributed by atoms with Crippen molar-refractivity contribution in [2.45, 2.75) is 46.3 Å². The van der Waals surface area contributed by atoms with Crippen LogP contribution in [0.3, 0.4) is 0 Å². The topological polar surface area (TPSA) is 64.8 Å². The number of carbonyl (C=O) groups is 1. The van der Waals surface area contributed by atoms with E-state index >= 15 is 0 Å². The van der Waals surface area contributed by atoms with Crippen molar-refractivity contribution in [2.75, 3.05) is 19.7 Å². The van der Waals surface area contributed by atoms with Gasteiger partial charge in [-0.15, -0.1) is 0 Å². The number of amides is 1. The van der Waals surface area contributed by atoms with Crippen molar-refractivity contribution in [1.29, 1.82) is 0 Å². The zero-order valence-electron chi connectivity index (χ0n) is 14.6. The van der Waals surface area contributed by atoms with E-state index in [1.54, 1.807) is 4.90 Å². The lowest BCUT2D eigenvalue weighted by Gasteiger charge is -2.24. The highest BCUT2D eigenvalue weighted by atomic mass is 16.6. The summed E-state index contributed by atoms with van der Waals surface area (Å²) < 4.78 is 11.3. The molecule has 1 aliphatic heterocycles. The maximum atomic E-state index is 12.1. The van der Waals surface area contributed by atoms with Gasteiger partial charge in [0, 0.05) is 25.6 Å². The molecule has 0 saturated carbocycles. The van der Waals surface area contributed by atoms with Crippen LogP contribution in [-0.4, -0.2) is 36.3 Å². The third-order valence-corrected chi connectivity index (χ3v) is 3.96. The molecule has 23 heavy (non-hydrogen) atoms. The van der Waals surface area contributed by atoms with E-state index in [9.17, 15) is 4.79 Å². The first kappa shape index (κ1) is 17.6. The first-order valence-corrected chi connectivity index (χ1v) is 8.19. The van der Waals surface area contributed by atoms with E-state index in [1.807, 2.05) is 45.9 Å². The van der Waals surface area contributed by atoms with Gasteiger partial charge in [0.25, 0.3) is 0 Å². The van der Waals surface area contributed by atoms with E-state index in [-0.39, 0.29) is 6.09 Å². The molecule has 0 aromatic heterocycles. The Morgan fingerprint density at radius 3 is 2.78 bits per heavy atom. The van der Waals surface area contributed by atoms with Crippen LogP contribution in [0.15, 0.2) is 18.2 Å². The molecule has 2 N–H and O–H groups in total. The van der Waals surface area contributed by atoms with Crippen molar-refractivity contribution < 1.29 is 14.3 Å². The SMILES string of the molecule is Cc1ccc(OCC2CCN(C(=O)OC(C)(C)C)C2)cc1CN. The average molecular weight is 320 g/mol. The molecular weight excluding hydrogens is 292 g/mol. The fraction of sp³-hybridized carbons (Fsp3) is 0.611. The van der Waals surface area contributed by atoms with Gasteiger partial charge in [-0.05, 0) is 57.4 Å². The largest absolute Gasteiger partial charge is 0.493 e. The molecule has 1 aliphatic rings. The van der Waals surface area contributed by atoms with Gasteiger partial charge < -0.3 is 20.1 Å². The molecule has 5 nitrogen and oxygen atoms in total. The van der Waals surface area contributed by atoms with Gasteiger partial charge in [0.05, 0.1) is 6.61 Å². The molecule has 1 unspecified atom stereocenters. The minimum absolute atomic E-state index is 0.235. The van der Waals surface area contributed by atoms with Gasteiger partial charge in [-0.1, -0.05) is 6.07 Å². The predicted octanol–water partition coefficient (Wildman–Crippen LogP) is 3.09. The summed E-state index contributed by atoms with van der Waals surface area (Å²) in [6.07, 6.45) is 0.704. The van der Waals surface area contributed by atoms with E-state index in [0.29, 0.717) is 25.6 Å². The Hall–Kier alpha value is -1.75. The average Bonchev–Trinajstić information content (AvgIpc) is 2.93. The molecule has 1 heterocycles. The standard InChI is InChI=1S/C18H28N2O3/c1-13-5-6-16(9-15(13)10-19)22-12-14-7-8-20(11-14)17(21)23-18(2,3)4/h5-6,9,14H,7-8,10-12,19H2,1-4H3. The van der Waals surface area contributed by atoms with Crippen LogP contribution in [0, 0.1) is 12.8 Å². The number of rotatable bonds is 4. The Morgan fingerprint density at radius 1 is 1.39 bits per heavy atom. The van der Waals surface area contributed by atoms with Crippen LogP contribution >= 0.6 is 0 Å². The number of hydrogen-bond donors (Lipinski definition) is 1. The zero-order valence-corrected chi connectivity index (χ0v) is 14.6. The van der Waals surface area contributed by atoms with Crippen LogP contribution in [-0.2, 0) is 11.3 Å². The number of benzene rings is 1. The van der Waals surface area contributed by atoms with Gasteiger partial charge in [0.15, 0.2) is 0 Å². The van der Waals surface area contributed by atoms with Crippen LogP contribution in [0.1, 0.15) is 38.3 Å². The maximum absolute atomic E-state index is 12.1. The molecule has 2 rings (SSSR count). The lowest BCUT2D eigenvalue weighted by molar-refractivity contribution is 0.0285. The Balaban J connectivity index is 1.83. The lowest BCUT2D eigenvalue weighted by Crippen LogP contribution is -2.35. The van der Waals surface area contributed by atoms with Crippen molar-refractivity contribution in [3.63, 3.8) is 0 Å². The van der Waals surface area contributed by atoms with Gasteiger partial charge in [-0.25, -0.2) is 4.79 Å². The highest BCUT2D eigenvalue weighted by Crippen LogP contribution is 2.22. The molecule has 0 radical (unpaired) electrons. The molecule has 0 spiro atoms. The molecule has 128 valence electrons. The molecular formula is C18H28N2O3. The van der Waals surface area contributed by atoms with Crippen molar-refractivity contribution in [1.82, 2.24) is 4.90 Å². The molecule has 1 saturated heterocycles. The Kier molecular flexibility index (Phi) is 5.52. The monoisotopic (exact) mass is 320 g/mol. The fourth-order valence-corrected chi connectivity index (χ4v) is 2.63. The molecule has 1 aromatic carbocycles. The van der Waals surface area contributed by atoms with E-state index < -0.39 is 5.60 Å². The molecule has 1 fully saturated rings. The number of hydrogen-bond acceptors (Lipinski definition) is 4. The highest BCUT2D eigenvalue weighted by molar-refractivity contribution is 5.68. The van der Waals surface area contributed by atoms with Crippen LogP contribution in [0.25, 0.3) is 0 Å². The summed E-state index contributed by atoms with van der Waals surface area (Å²) in [7, 11) is 0. The van der Waals surface area contributed by atoms with Crippen LogP contribution < -0.4 is 10.5 Å². The van der Waals surface area contributed by atoms with E-state index in [4.69, 9.17) is 15.2 Å². The Bertz CT molecular complexity index is 552. The van der Waals surface area contributed by atoms with Gasteiger partial charge >= 0.3 is 6.09 Å². The normalized spacial score (nSPS) is 18.1. The van der Waals surface area contributed by atoms with E-state index in [1.165, 1.54) is 5.56 Å². The lowest BCUT2D eigenvalue weighted by atomic mass is 10.1. The van der Waals surface area contributed by atoms with Crippen molar-refractivity contribution in [2.24, 2.45) is 11.7 Å². The summed E-state index contributed by atoms with van der Waals surface area (Å²) >= 11 is 0. The summed E-state index contributed by atoms with van der Waals surface area (Å²) in [6, 6.07) is 5.99. The van der Waals surface area contributed by atoms with Gasteiger partial charge in [0.1, 0.15) is 11.4 Å². The van der Waals surface area contributed by atoms with Crippen LogP contribution in [0.4, 0.5) is 4.79 Å². The fourth-order valence-electron chi connectivity index (χ4n) is 2.63. The summed E-state index contributed by atoms with van der Waals surface area (Å²) in [4.78, 5) is 13.8. The van der Waals surface area contributed by atoms with Crippen molar-refractivity contribution in [3.8, 4) is 5.75 Å². The second-order valence-corrected chi connectivity index (χ2v) is 7.18. The Labute approximate surface area is 138 Å². The molecule has 1 atom stereocenters. The minimum Gasteiger partial charge on any atom is -0.493 e. The molecule has 1 amide bonds.